The molecule has 0 atom stereocenters. The van der Waals surface area contributed by atoms with Crippen LogP contribution in [-0.2, 0) is 0 Å². The summed E-state index contributed by atoms with van der Waals surface area (Å²) in [6.07, 6.45) is 0. The smallest absolute Gasteiger partial charge is 0.210 e. The molecular weight excluding hydrogens is 265 g/mol. The second kappa shape index (κ2) is 3.27. The monoisotopic (exact) mass is 269 g/mol. The Hall–Kier alpha value is -1.49. The zero-order valence-corrected chi connectivity index (χ0v) is 8.97. The van der Waals surface area contributed by atoms with Crippen molar-refractivity contribution in [2.45, 2.75) is 0 Å². The highest BCUT2D eigenvalue weighted by Crippen LogP contribution is 2.27. The van der Waals surface area contributed by atoms with Crippen LogP contribution in [0.1, 0.15) is 20.7 Å². The summed E-state index contributed by atoms with van der Waals surface area (Å²) in [5.41, 5.74) is 5.42. The lowest BCUT2D eigenvalue weighted by atomic mass is 9.93. The average Bonchev–Trinajstić information content (AvgIpc) is 2.23. The van der Waals surface area contributed by atoms with Crippen molar-refractivity contribution in [1.29, 1.82) is 0 Å². The van der Waals surface area contributed by atoms with E-state index in [0.29, 0.717) is 0 Å². The summed E-state index contributed by atoms with van der Waals surface area (Å²) in [5.74, 6) is -1.50. The third-order valence-electron chi connectivity index (χ3n) is 2.15. The SMILES string of the molecule is NC1=C(Br)C(=O)c2ccc(F)cc2C1=O. The Morgan fingerprint density at radius 1 is 1.13 bits per heavy atom. The van der Waals surface area contributed by atoms with Crippen LogP contribution in [0.15, 0.2) is 28.4 Å². The minimum Gasteiger partial charge on any atom is -0.395 e. The maximum atomic E-state index is 12.9. The van der Waals surface area contributed by atoms with E-state index in [1.807, 2.05) is 0 Å². The van der Waals surface area contributed by atoms with Crippen molar-refractivity contribution >= 4 is 27.5 Å². The molecule has 0 saturated heterocycles. The van der Waals surface area contributed by atoms with Gasteiger partial charge in [0.05, 0.1) is 10.2 Å². The Bertz CT molecular complexity index is 522. The van der Waals surface area contributed by atoms with E-state index in [4.69, 9.17) is 5.73 Å². The molecule has 0 fully saturated rings. The molecular formula is C10H5BrFNO2. The van der Waals surface area contributed by atoms with Gasteiger partial charge in [-0.3, -0.25) is 9.59 Å². The molecule has 0 spiro atoms. The number of benzene rings is 1. The highest BCUT2D eigenvalue weighted by Gasteiger charge is 2.29. The molecule has 0 radical (unpaired) electrons. The fraction of sp³-hybridized carbons (Fsp3) is 0. The Morgan fingerprint density at radius 3 is 2.47 bits per heavy atom. The molecule has 0 amide bonds. The number of Topliss-reactive ketones (excluding diaryl/α,β-unsaturated/α-hetero) is 2. The molecule has 5 heteroatoms. The second-order valence-corrected chi connectivity index (χ2v) is 3.87. The Labute approximate surface area is 92.9 Å². The molecule has 0 aliphatic heterocycles. The van der Waals surface area contributed by atoms with E-state index < -0.39 is 17.4 Å². The van der Waals surface area contributed by atoms with Gasteiger partial charge in [0.2, 0.25) is 11.6 Å². The van der Waals surface area contributed by atoms with Gasteiger partial charge in [0.15, 0.2) is 0 Å². The number of rotatable bonds is 0. The first-order valence-corrected chi connectivity index (χ1v) is 4.86. The van der Waals surface area contributed by atoms with Crippen molar-refractivity contribution in [3.8, 4) is 0 Å². The van der Waals surface area contributed by atoms with Crippen LogP contribution in [0.3, 0.4) is 0 Å². The molecule has 76 valence electrons. The van der Waals surface area contributed by atoms with Crippen LogP contribution in [0.4, 0.5) is 4.39 Å². The van der Waals surface area contributed by atoms with Crippen LogP contribution in [0.5, 0.6) is 0 Å². The highest BCUT2D eigenvalue weighted by atomic mass is 79.9. The number of halogens is 2. The van der Waals surface area contributed by atoms with Gasteiger partial charge in [0, 0.05) is 11.1 Å². The van der Waals surface area contributed by atoms with Crippen LogP contribution < -0.4 is 5.73 Å². The van der Waals surface area contributed by atoms with Gasteiger partial charge in [-0.1, -0.05) is 0 Å². The highest BCUT2D eigenvalue weighted by molar-refractivity contribution is 9.12. The van der Waals surface area contributed by atoms with Crippen molar-refractivity contribution in [1.82, 2.24) is 0 Å². The molecule has 0 saturated carbocycles. The van der Waals surface area contributed by atoms with E-state index in [1.54, 1.807) is 0 Å². The number of hydrogen-bond donors (Lipinski definition) is 1. The molecule has 2 rings (SSSR count). The molecule has 1 aliphatic rings. The van der Waals surface area contributed by atoms with Crippen molar-refractivity contribution in [3.63, 3.8) is 0 Å². The molecule has 15 heavy (non-hydrogen) atoms. The maximum absolute atomic E-state index is 12.9. The van der Waals surface area contributed by atoms with E-state index in [1.165, 1.54) is 6.07 Å². The maximum Gasteiger partial charge on any atom is 0.210 e. The summed E-state index contributed by atoms with van der Waals surface area (Å²) in [4.78, 5) is 23.2. The van der Waals surface area contributed by atoms with Gasteiger partial charge in [-0.2, -0.15) is 0 Å². The van der Waals surface area contributed by atoms with E-state index in [-0.39, 0.29) is 21.3 Å². The van der Waals surface area contributed by atoms with Crippen molar-refractivity contribution in [2.75, 3.05) is 0 Å². The van der Waals surface area contributed by atoms with E-state index in [0.717, 1.165) is 12.1 Å². The number of fused-ring (bicyclic) bond motifs is 1. The first kappa shape index (κ1) is 10.0. The molecule has 0 heterocycles. The zero-order chi connectivity index (χ0) is 11.2. The minimum absolute atomic E-state index is 0.0145. The normalized spacial score (nSPS) is 15.6. The predicted molar refractivity (Wildman–Crippen MR) is 55.2 cm³/mol. The molecule has 2 N–H and O–H groups in total. The van der Waals surface area contributed by atoms with Gasteiger partial charge in [-0.05, 0) is 34.1 Å². The van der Waals surface area contributed by atoms with Gasteiger partial charge in [0.1, 0.15) is 5.82 Å². The van der Waals surface area contributed by atoms with Crippen molar-refractivity contribution in [3.05, 3.63) is 45.3 Å². The second-order valence-electron chi connectivity index (χ2n) is 3.08. The van der Waals surface area contributed by atoms with Crippen LogP contribution >= 0.6 is 15.9 Å². The average molecular weight is 270 g/mol. The molecule has 0 bridgehead atoms. The van der Waals surface area contributed by atoms with Crippen LogP contribution in [0, 0.1) is 5.82 Å². The summed E-state index contributed by atoms with van der Waals surface area (Å²) in [7, 11) is 0. The largest absolute Gasteiger partial charge is 0.395 e. The Balaban J connectivity index is 2.73. The van der Waals surface area contributed by atoms with Crippen LogP contribution in [0.2, 0.25) is 0 Å². The van der Waals surface area contributed by atoms with Gasteiger partial charge < -0.3 is 5.73 Å². The summed E-state index contributed by atoms with van der Waals surface area (Å²) >= 11 is 2.94. The van der Waals surface area contributed by atoms with E-state index in [9.17, 15) is 14.0 Å². The summed E-state index contributed by atoms with van der Waals surface area (Å²) in [5, 5.41) is 0. The molecule has 0 aromatic heterocycles. The fourth-order valence-electron chi connectivity index (χ4n) is 1.39. The van der Waals surface area contributed by atoms with Crippen molar-refractivity contribution < 1.29 is 14.0 Å². The quantitative estimate of drug-likeness (QED) is 0.781. The number of carbonyl (C=O) groups excluding carboxylic acids is 2. The minimum atomic E-state index is -0.569. The first-order valence-electron chi connectivity index (χ1n) is 4.06. The van der Waals surface area contributed by atoms with Gasteiger partial charge >= 0.3 is 0 Å². The fourth-order valence-corrected chi connectivity index (χ4v) is 1.78. The molecule has 3 nitrogen and oxygen atoms in total. The lowest BCUT2D eigenvalue weighted by Crippen LogP contribution is -2.24. The molecule has 0 unspecified atom stereocenters. The molecule has 1 aromatic carbocycles. The number of ketones is 2. The Morgan fingerprint density at radius 2 is 1.80 bits per heavy atom. The zero-order valence-electron chi connectivity index (χ0n) is 7.38. The summed E-state index contributed by atoms with van der Waals surface area (Å²) in [6, 6.07) is 3.42. The molecule has 1 aliphatic carbocycles. The first-order chi connectivity index (χ1) is 7.02. The number of carbonyl (C=O) groups is 2. The van der Waals surface area contributed by atoms with Crippen LogP contribution in [0.25, 0.3) is 0 Å². The van der Waals surface area contributed by atoms with Gasteiger partial charge in [0.25, 0.3) is 0 Å². The third-order valence-corrected chi connectivity index (χ3v) is 2.94. The molecule has 1 aromatic rings. The topological polar surface area (TPSA) is 60.2 Å². The summed E-state index contributed by atoms with van der Waals surface area (Å²) in [6.45, 7) is 0. The lowest BCUT2D eigenvalue weighted by molar-refractivity contribution is 0.0980. The standard InChI is InChI=1S/C10H5BrFNO2/c11-7-8(13)10(15)6-3-4(12)1-2-5(6)9(7)14/h1-3H,13H2. The third kappa shape index (κ3) is 1.39. The number of allylic oxidation sites excluding steroid dienone is 2. The van der Waals surface area contributed by atoms with E-state index >= 15 is 0 Å². The number of nitrogens with two attached hydrogens (primary N) is 1. The number of hydrogen-bond acceptors (Lipinski definition) is 3. The predicted octanol–water partition coefficient (Wildman–Crippen LogP) is 1.77. The Kier molecular flexibility index (Phi) is 2.19. The summed E-state index contributed by atoms with van der Waals surface area (Å²) < 4.78 is 12.9. The van der Waals surface area contributed by atoms with Crippen molar-refractivity contribution in [2.24, 2.45) is 5.73 Å². The van der Waals surface area contributed by atoms with Crippen LogP contribution in [-0.4, -0.2) is 11.6 Å². The van der Waals surface area contributed by atoms with E-state index in [2.05, 4.69) is 15.9 Å². The van der Waals surface area contributed by atoms with Gasteiger partial charge in [-0.15, -0.1) is 0 Å². The van der Waals surface area contributed by atoms with Gasteiger partial charge in [-0.25, -0.2) is 4.39 Å². The lowest BCUT2D eigenvalue weighted by Gasteiger charge is -2.14.